The highest BCUT2D eigenvalue weighted by Gasteiger charge is 2.30. The molecule has 3 rings (SSSR count). The molecule has 122 valence electrons. The van der Waals surface area contributed by atoms with Gasteiger partial charge in [0.05, 0.1) is 30.6 Å². The number of hydrogen-bond acceptors (Lipinski definition) is 6. The molecule has 3 heterocycles. The zero-order chi connectivity index (χ0) is 16.1. The summed E-state index contributed by atoms with van der Waals surface area (Å²) in [5, 5.41) is 6.94. The van der Waals surface area contributed by atoms with Crippen molar-refractivity contribution in [2.24, 2.45) is 5.92 Å². The largest absolute Gasteiger partial charge is 0.379 e. The summed E-state index contributed by atoms with van der Waals surface area (Å²) in [5.41, 5.74) is 1.68. The molecule has 2 atom stereocenters. The second-order valence-corrected chi connectivity index (χ2v) is 5.81. The summed E-state index contributed by atoms with van der Waals surface area (Å²) < 4.78 is 10.8. The Morgan fingerprint density at radius 1 is 1.39 bits per heavy atom. The summed E-state index contributed by atoms with van der Waals surface area (Å²) in [6.07, 6.45) is 6.63. The molecule has 7 heteroatoms. The fourth-order valence-corrected chi connectivity index (χ4v) is 2.71. The molecular weight excluding hydrogens is 296 g/mol. The van der Waals surface area contributed by atoms with E-state index in [1.165, 1.54) is 0 Å². The van der Waals surface area contributed by atoms with Crippen LogP contribution < -0.4 is 5.32 Å². The number of carbonyl (C=O) groups excluding carboxylic acids is 1. The highest BCUT2D eigenvalue weighted by atomic mass is 16.5. The lowest BCUT2D eigenvalue weighted by molar-refractivity contribution is -0.122. The standard InChI is InChI=1S/C16H20N4O3/c1-11-6-14(23-20-11)7-12-9-22-10-15(12)19-16(21)3-2-13-8-17-4-5-18-13/h4-6,8,12,15H,2-3,7,9-10H2,1H3,(H,19,21). The maximum atomic E-state index is 12.1. The van der Waals surface area contributed by atoms with E-state index in [0.717, 1.165) is 23.6 Å². The van der Waals surface area contributed by atoms with E-state index in [0.29, 0.717) is 26.1 Å². The minimum absolute atomic E-state index is 0.00454. The Morgan fingerprint density at radius 3 is 3.04 bits per heavy atom. The van der Waals surface area contributed by atoms with Crippen molar-refractivity contribution in [2.75, 3.05) is 13.2 Å². The SMILES string of the molecule is Cc1cc(CC2COCC2NC(=O)CCc2cnccn2)on1. The van der Waals surface area contributed by atoms with E-state index >= 15 is 0 Å². The van der Waals surface area contributed by atoms with Gasteiger partial charge in [0.2, 0.25) is 5.91 Å². The van der Waals surface area contributed by atoms with Gasteiger partial charge < -0.3 is 14.6 Å². The lowest BCUT2D eigenvalue weighted by atomic mass is 9.98. The maximum absolute atomic E-state index is 12.1. The zero-order valence-corrected chi connectivity index (χ0v) is 13.1. The van der Waals surface area contributed by atoms with Crippen molar-refractivity contribution in [3.8, 4) is 0 Å². The van der Waals surface area contributed by atoms with E-state index in [2.05, 4.69) is 20.4 Å². The van der Waals surface area contributed by atoms with Crippen LogP contribution in [0.15, 0.2) is 29.2 Å². The molecule has 1 aliphatic heterocycles. The molecule has 0 bridgehead atoms. The van der Waals surface area contributed by atoms with Gasteiger partial charge in [-0.1, -0.05) is 5.16 Å². The van der Waals surface area contributed by atoms with Gasteiger partial charge in [0, 0.05) is 43.4 Å². The van der Waals surface area contributed by atoms with E-state index < -0.39 is 0 Å². The van der Waals surface area contributed by atoms with Crippen molar-refractivity contribution in [1.29, 1.82) is 0 Å². The highest BCUT2D eigenvalue weighted by molar-refractivity contribution is 5.76. The van der Waals surface area contributed by atoms with Crippen LogP contribution in [0.3, 0.4) is 0 Å². The summed E-state index contributed by atoms with van der Waals surface area (Å²) in [6, 6.07) is 1.93. The molecule has 0 aromatic carbocycles. The van der Waals surface area contributed by atoms with Crippen LogP contribution in [0.1, 0.15) is 23.6 Å². The first kappa shape index (κ1) is 15.6. The van der Waals surface area contributed by atoms with Crippen molar-refractivity contribution in [3.05, 3.63) is 41.8 Å². The summed E-state index contributed by atoms with van der Waals surface area (Å²) in [7, 11) is 0. The Morgan fingerprint density at radius 2 is 2.30 bits per heavy atom. The minimum atomic E-state index is 0.00454. The maximum Gasteiger partial charge on any atom is 0.220 e. The van der Waals surface area contributed by atoms with Crippen LogP contribution in [0.5, 0.6) is 0 Å². The second kappa shape index (κ2) is 7.32. The predicted octanol–water partition coefficient (Wildman–Crippen LogP) is 1.08. The van der Waals surface area contributed by atoms with Crippen LogP contribution in [-0.4, -0.2) is 40.3 Å². The van der Waals surface area contributed by atoms with Crippen LogP contribution in [0.4, 0.5) is 0 Å². The van der Waals surface area contributed by atoms with E-state index in [1.54, 1.807) is 18.6 Å². The van der Waals surface area contributed by atoms with Crippen molar-refractivity contribution >= 4 is 5.91 Å². The topological polar surface area (TPSA) is 90.1 Å². The van der Waals surface area contributed by atoms with E-state index in [-0.39, 0.29) is 17.9 Å². The van der Waals surface area contributed by atoms with E-state index in [1.807, 2.05) is 13.0 Å². The molecule has 1 saturated heterocycles. The van der Waals surface area contributed by atoms with Gasteiger partial charge >= 0.3 is 0 Å². The smallest absolute Gasteiger partial charge is 0.220 e. The number of hydrogen-bond donors (Lipinski definition) is 1. The third-order valence-electron chi connectivity index (χ3n) is 3.91. The highest BCUT2D eigenvalue weighted by Crippen LogP contribution is 2.20. The van der Waals surface area contributed by atoms with Gasteiger partial charge in [0.1, 0.15) is 5.76 Å². The number of aryl methyl sites for hydroxylation is 2. The predicted molar refractivity (Wildman–Crippen MR) is 81.5 cm³/mol. The van der Waals surface area contributed by atoms with Gasteiger partial charge in [0.25, 0.3) is 0 Å². The van der Waals surface area contributed by atoms with Gasteiger partial charge in [-0.3, -0.25) is 14.8 Å². The van der Waals surface area contributed by atoms with Crippen LogP contribution in [0, 0.1) is 12.8 Å². The third kappa shape index (κ3) is 4.35. The first-order valence-electron chi connectivity index (χ1n) is 7.75. The Balaban J connectivity index is 1.49. The first-order valence-corrected chi connectivity index (χ1v) is 7.75. The van der Waals surface area contributed by atoms with Crippen molar-refractivity contribution in [1.82, 2.24) is 20.4 Å². The van der Waals surface area contributed by atoms with Gasteiger partial charge in [-0.15, -0.1) is 0 Å². The molecule has 1 aliphatic rings. The van der Waals surface area contributed by atoms with Gasteiger partial charge in [0.15, 0.2) is 0 Å². The summed E-state index contributed by atoms with van der Waals surface area (Å²) >= 11 is 0. The molecule has 0 aliphatic carbocycles. The minimum Gasteiger partial charge on any atom is -0.379 e. The number of ether oxygens (including phenoxy) is 1. The molecule has 2 aromatic rings. The van der Waals surface area contributed by atoms with E-state index in [9.17, 15) is 4.79 Å². The summed E-state index contributed by atoms with van der Waals surface area (Å²) in [5.74, 6) is 1.05. The van der Waals surface area contributed by atoms with Crippen LogP contribution in [-0.2, 0) is 22.4 Å². The molecule has 23 heavy (non-hydrogen) atoms. The normalized spacial score (nSPS) is 20.6. The zero-order valence-electron chi connectivity index (χ0n) is 13.1. The molecule has 0 radical (unpaired) electrons. The molecule has 1 amide bonds. The Labute approximate surface area is 134 Å². The monoisotopic (exact) mass is 316 g/mol. The second-order valence-electron chi connectivity index (χ2n) is 5.81. The fourth-order valence-electron chi connectivity index (χ4n) is 2.71. The Bertz CT molecular complexity index is 644. The fraction of sp³-hybridized carbons (Fsp3) is 0.500. The number of nitrogens with one attached hydrogen (secondary N) is 1. The molecular formula is C16H20N4O3. The average molecular weight is 316 g/mol. The Kier molecular flexibility index (Phi) is 4.97. The lowest BCUT2D eigenvalue weighted by Gasteiger charge is -2.17. The van der Waals surface area contributed by atoms with Crippen LogP contribution in [0.25, 0.3) is 0 Å². The molecule has 1 N–H and O–H groups in total. The average Bonchev–Trinajstić information content (AvgIpc) is 3.16. The number of aromatic nitrogens is 3. The molecule has 0 spiro atoms. The van der Waals surface area contributed by atoms with Crippen molar-refractivity contribution < 1.29 is 14.1 Å². The van der Waals surface area contributed by atoms with Crippen molar-refractivity contribution in [3.63, 3.8) is 0 Å². The molecule has 0 saturated carbocycles. The quantitative estimate of drug-likeness (QED) is 0.857. The van der Waals surface area contributed by atoms with Gasteiger partial charge in [-0.2, -0.15) is 0 Å². The van der Waals surface area contributed by atoms with Gasteiger partial charge in [-0.25, -0.2) is 0 Å². The number of amides is 1. The van der Waals surface area contributed by atoms with Crippen molar-refractivity contribution in [2.45, 2.75) is 32.2 Å². The van der Waals surface area contributed by atoms with Crippen LogP contribution in [0.2, 0.25) is 0 Å². The Hall–Kier alpha value is -2.28. The lowest BCUT2D eigenvalue weighted by Crippen LogP contribution is -2.40. The van der Waals surface area contributed by atoms with E-state index in [4.69, 9.17) is 9.26 Å². The summed E-state index contributed by atoms with van der Waals surface area (Å²) in [4.78, 5) is 20.3. The molecule has 7 nitrogen and oxygen atoms in total. The first-order chi connectivity index (χ1) is 11.2. The summed E-state index contributed by atoms with van der Waals surface area (Å²) in [6.45, 7) is 3.05. The molecule has 1 fully saturated rings. The number of rotatable bonds is 6. The third-order valence-corrected chi connectivity index (χ3v) is 3.91. The molecule has 2 aromatic heterocycles. The number of nitrogens with zero attached hydrogens (tertiary/aromatic N) is 3. The molecule has 2 unspecified atom stereocenters. The van der Waals surface area contributed by atoms with Gasteiger partial charge in [-0.05, 0) is 13.3 Å². The van der Waals surface area contributed by atoms with Crippen LogP contribution >= 0.6 is 0 Å². The number of carbonyl (C=O) groups is 1.